The molecule has 0 amide bonds. The molecule has 428 valence electrons. The van der Waals surface area contributed by atoms with Gasteiger partial charge in [0.05, 0.1) is 0 Å². The van der Waals surface area contributed by atoms with Crippen LogP contribution in [0.1, 0.15) is 255 Å². The Morgan fingerprint density at radius 1 is 0.220 bits per heavy atom. The summed E-state index contributed by atoms with van der Waals surface area (Å²) in [5, 5.41) is 0. The second kappa shape index (κ2) is 20.0. The molecule has 0 atom stereocenters. The maximum Gasteiger partial charge on any atom is 0.0457 e. The zero-order chi connectivity index (χ0) is 60.0. The van der Waals surface area contributed by atoms with E-state index < -0.39 is 0 Å². The van der Waals surface area contributed by atoms with Crippen LogP contribution in [0.4, 0.5) is 0 Å². The summed E-state index contributed by atoms with van der Waals surface area (Å²) >= 11 is 4.05. The summed E-state index contributed by atoms with van der Waals surface area (Å²) < 4.78 is 2.73. The van der Waals surface area contributed by atoms with Gasteiger partial charge in [-0.05, 0) is 167 Å². The minimum Gasteiger partial charge on any atom is -0.138 e. The summed E-state index contributed by atoms with van der Waals surface area (Å²) in [6.07, 6.45) is 0. The molecule has 0 aliphatic heterocycles. The Hall–Kier alpha value is -5.54. The molecule has 0 fully saturated rings. The molecule has 2 aromatic rings. The topological polar surface area (TPSA) is 0 Å². The highest BCUT2D eigenvalue weighted by molar-refractivity contribution is 7.28. The van der Waals surface area contributed by atoms with E-state index in [1.807, 2.05) is 22.7 Å². The van der Waals surface area contributed by atoms with Gasteiger partial charge in [0.25, 0.3) is 0 Å². The highest BCUT2D eigenvalue weighted by Gasteiger charge is 2.38. The Labute approximate surface area is 504 Å². The smallest absolute Gasteiger partial charge is 0.0457 e. The molecule has 8 aliphatic carbocycles. The van der Waals surface area contributed by atoms with E-state index in [4.69, 9.17) is 0 Å². The van der Waals surface area contributed by atoms with E-state index in [1.54, 1.807) is 0 Å². The van der Waals surface area contributed by atoms with E-state index in [0.29, 0.717) is 0 Å². The molecule has 2 heterocycles. The summed E-state index contributed by atoms with van der Waals surface area (Å²) in [5.74, 6) is -0.00414. The van der Waals surface area contributed by atoms with Gasteiger partial charge in [-0.2, -0.15) is 0 Å². The van der Waals surface area contributed by atoms with Crippen LogP contribution >= 0.6 is 22.7 Å². The fourth-order valence-electron chi connectivity index (χ4n) is 13.1. The van der Waals surface area contributed by atoms with Crippen molar-refractivity contribution in [2.75, 3.05) is 0 Å². The second-order valence-electron chi connectivity index (χ2n) is 32.7. The summed E-state index contributed by atoms with van der Waals surface area (Å²) in [6.45, 7) is 56.9. The minimum atomic E-state index is -0.0674. The van der Waals surface area contributed by atoms with Crippen molar-refractivity contribution in [3.8, 4) is 44.5 Å². The van der Waals surface area contributed by atoms with Crippen LogP contribution in [0.2, 0.25) is 0 Å². The highest BCUT2D eigenvalue weighted by Crippen LogP contribution is 2.56. The maximum absolute atomic E-state index is 2.62. The molecule has 0 spiro atoms. The summed E-state index contributed by atoms with van der Waals surface area (Å²) in [7, 11) is 0. The van der Waals surface area contributed by atoms with Crippen molar-refractivity contribution in [2.24, 2.45) is 0 Å². The first-order valence-electron chi connectivity index (χ1n) is 30.5. The molecule has 0 unspecified atom stereocenters. The van der Waals surface area contributed by atoms with Crippen molar-refractivity contribution in [1.82, 2.24) is 0 Å². The molecular weight excluding hydrogens is 1030 g/mol. The summed E-state index contributed by atoms with van der Waals surface area (Å²) in [6, 6.07) is 54.6. The van der Waals surface area contributed by atoms with E-state index in [1.165, 1.54) is 130 Å². The monoisotopic (exact) mass is 1120 g/mol. The molecular formula is C80H96S2. The second-order valence-corrected chi connectivity index (χ2v) is 35.0. The zero-order valence-corrected chi connectivity index (χ0v) is 56.3. The third kappa shape index (κ3) is 11.1. The SMILES string of the molecule is CC(C)(C)c1ccc2c(C(c3cc4sc(C(c5cc(C(C)(C)C)c6ccc(C(C)(C)C)ccc5-6)c5cc(C(C)(C)C)c6ccc(C(C)(C)C)ccc5-6)cc4s3)c3cc(C(C)(C)C)c4ccc(C(C)(C)C)ccc3-4)cc(C(C)(C)C)c-2cc1. The Bertz CT molecular complexity index is 3370. The van der Waals surface area contributed by atoms with Crippen LogP contribution in [0.25, 0.3) is 53.9 Å². The number of hydrogen-bond donors (Lipinski definition) is 0. The molecule has 0 N–H and O–H groups in total. The quantitative estimate of drug-likeness (QED) is 0.156. The highest BCUT2D eigenvalue weighted by atomic mass is 32.1. The van der Waals surface area contributed by atoms with Crippen LogP contribution in [-0.4, -0.2) is 0 Å². The van der Waals surface area contributed by atoms with Gasteiger partial charge in [-0.25, -0.2) is 0 Å². The predicted octanol–water partition coefficient (Wildman–Crippen LogP) is 24.1. The van der Waals surface area contributed by atoms with E-state index in [2.05, 4.69) is 300 Å². The first-order chi connectivity index (χ1) is 37.7. The van der Waals surface area contributed by atoms with Crippen LogP contribution in [0.5, 0.6) is 0 Å². The lowest BCUT2D eigenvalue weighted by Gasteiger charge is -2.20. The fourth-order valence-corrected chi connectivity index (χ4v) is 15.8. The molecule has 82 heavy (non-hydrogen) atoms. The van der Waals surface area contributed by atoms with Gasteiger partial charge in [0.15, 0.2) is 0 Å². The van der Waals surface area contributed by atoms with Crippen LogP contribution in [0.15, 0.2) is 133 Å². The molecule has 0 nitrogen and oxygen atoms in total. The standard InChI is InChI=1S/C80H96S2/c1-73(2,3)47-25-33-51-55(37-29-47)63(77(13,14)15)41-59(51)71(60-42-64(78(16,17)18)56-38-30-48(74(4,5)6)26-34-52(56)60)69-45-67-68(81-69)46-70(82-67)72(61-43-65(79(19,20)21)57-39-31-49(75(7,8)9)27-35-53(57)61)62-44-66(80(22,23)24)58-40-32-50(76(10,11)12)28-36-54(58)62/h25-46,71-72H,1-24H3. The number of fused-ring (bicyclic) bond motifs is 5. The van der Waals surface area contributed by atoms with Crippen LogP contribution in [0, 0.1) is 0 Å². The third-order valence-corrected chi connectivity index (χ3v) is 20.4. The first-order valence-corrected chi connectivity index (χ1v) is 32.2. The summed E-state index contributed by atoms with van der Waals surface area (Å²) in [4.78, 5) is 2.81. The Kier molecular flexibility index (Phi) is 14.6. The molecule has 2 aromatic heterocycles. The first kappa shape index (κ1) is 59.6. The van der Waals surface area contributed by atoms with Crippen LogP contribution < -0.4 is 0 Å². The van der Waals surface area contributed by atoms with Gasteiger partial charge in [-0.1, -0.05) is 287 Å². The molecule has 0 aromatic carbocycles. The van der Waals surface area contributed by atoms with Gasteiger partial charge in [-0.15, -0.1) is 22.7 Å². The Morgan fingerprint density at radius 3 is 0.573 bits per heavy atom. The van der Waals surface area contributed by atoms with Crippen LogP contribution in [-0.2, 0) is 43.3 Å². The molecule has 0 saturated heterocycles. The fraction of sp³-hybridized carbons (Fsp3) is 0.425. The van der Waals surface area contributed by atoms with Gasteiger partial charge in [0.1, 0.15) is 0 Å². The van der Waals surface area contributed by atoms with Crippen molar-refractivity contribution in [2.45, 2.75) is 221 Å². The molecule has 0 saturated carbocycles. The summed E-state index contributed by atoms with van der Waals surface area (Å²) in [5.41, 5.74) is 27.3. The van der Waals surface area contributed by atoms with E-state index in [-0.39, 0.29) is 55.2 Å². The van der Waals surface area contributed by atoms with E-state index in [9.17, 15) is 0 Å². The Balaban J connectivity index is 1.28. The van der Waals surface area contributed by atoms with Gasteiger partial charge in [0.2, 0.25) is 0 Å². The van der Waals surface area contributed by atoms with Crippen molar-refractivity contribution in [1.29, 1.82) is 0 Å². The largest absolute Gasteiger partial charge is 0.138 e. The molecule has 10 rings (SSSR count). The lowest BCUT2D eigenvalue weighted by atomic mass is 9.85. The normalized spacial score (nSPS) is 13.8. The number of hydrogen-bond acceptors (Lipinski definition) is 2. The molecule has 0 radical (unpaired) electrons. The Morgan fingerprint density at radius 2 is 0.402 bits per heavy atom. The van der Waals surface area contributed by atoms with Crippen molar-refractivity contribution in [3.05, 3.63) is 210 Å². The molecule has 8 aliphatic rings. The van der Waals surface area contributed by atoms with Gasteiger partial charge < -0.3 is 0 Å². The maximum atomic E-state index is 2.62. The minimum absolute atomic E-state index is 0.00207. The molecule has 2 heteroatoms. The lowest BCUT2D eigenvalue weighted by molar-refractivity contribution is 0.590. The number of thiophene rings is 2. The van der Waals surface area contributed by atoms with Crippen LogP contribution in [0.3, 0.4) is 0 Å². The zero-order valence-electron chi connectivity index (χ0n) is 54.7. The average Bonchev–Trinajstić information content (AvgIpc) is 3.59. The molecule has 0 bridgehead atoms. The van der Waals surface area contributed by atoms with Gasteiger partial charge in [0, 0.05) is 31.0 Å². The number of rotatable bonds is 6. The van der Waals surface area contributed by atoms with Crippen molar-refractivity contribution >= 4 is 32.1 Å². The lowest BCUT2D eigenvalue weighted by Crippen LogP contribution is -2.11. The van der Waals surface area contributed by atoms with Crippen molar-refractivity contribution in [3.63, 3.8) is 0 Å². The third-order valence-electron chi connectivity index (χ3n) is 18.0. The van der Waals surface area contributed by atoms with Crippen molar-refractivity contribution < 1.29 is 0 Å². The predicted molar refractivity (Wildman–Crippen MR) is 363 cm³/mol. The van der Waals surface area contributed by atoms with E-state index >= 15 is 0 Å². The average molecular weight is 1120 g/mol. The van der Waals surface area contributed by atoms with Gasteiger partial charge in [-0.3, -0.25) is 0 Å². The van der Waals surface area contributed by atoms with E-state index in [0.717, 1.165) is 0 Å². The van der Waals surface area contributed by atoms with Gasteiger partial charge >= 0.3 is 0 Å².